The van der Waals surface area contributed by atoms with Crippen LogP contribution in [0.2, 0.25) is 0 Å². The first-order valence-corrected chi connectivity index (χ1v) is 6.93. The Morgan fingerprint density at radius 2 is 1.92 bits per heavy atom. The van der Waals surface area contributed by atoms with E-state index in [1.54, 1.807) is 36.5 Å². The van der Waals surface area contributed by atoms with E-state index in [-0.39, 0.29) is 17.0 Å². The Hall–Kier alpha value is -3.09. The molecule has 0 spiro atoms. The van der Waals surface area contributed by atoms with Crippen LogP contribution in [0.5, 0.6) is 5.75 Å². The predicted octanol–water partition coefficient (Wildman–Crippen LogP) is 4.09. The molecule has 122 valence electrons. The van der Waals surface area contributed by atoms with Gasteiger partial charge in [0.1, 0.15) is 17.3 Å². The van der Waals surface area contributed by atoms with Gasteiger partial charge in [0.2, 0.25) is 0 Å². The number of ether oxygens (including phenoxy) is 1. The van der Waals surface area contributed by atoms with Crippen LogP contribution in [0.25, 0.3) is 16.9 Å². The average Bonchev–Trinajstić information content (AvgIpc) is 3.04. The number of rotatable bonds is 5. The summed E-state index contributed by atoms with van der Waals surface area (Å²) in [6.07, 6.45) is 1.98. The topological polar surface area (TPSA) is 44.1 Å². The van der Waals surface area contributed by atoms with E-state index < -0.39 is 12.4 Å². The summed E-state index contributed by atoms with van der Waals surface area (Å²) < 4.78 is 44.4. The molecule has 0 amide bonds. The van der Waals surface area contributed by atoms with E-state index in [4.69, 9.17) is 0 Å². The molecule has 0 saturated carbocycles. The summed E-state index contributed by atoms with van der Waals surface area (Å²) in [5.41, 5.74) is 1.16. The number of hydrogen-bond acceptors (Lipinski definition) is 3. The lowest BCUT2D eigenvalue weighted by Gasteiger charge is -2.08. The number of carbonyl (C=O) groups is 1. The fourth-order valence-corrected chi connectivity index (χ4v) is 2.24. The van der Waals surface area contributed by atoms with Crippen molar-refractivity contribution in [3.05, 3.63) is 66.1 Å². The first-order chi connectivity index (χ1) is 11.6. The standard InChI is InChI=1S/C17H11F3N2O2/c18-13-3-1-2-4-15(13)22-8-7-14(21-22)11-5-6-12(10-23)16(9-11)24-17(19)20/h1-10,17H. The third-order valence-corrected chi connectivity index (χ3v) is 3.34. The molecule has 0 saturated heterocycles. The minimum absolute atomic E-state index is 0.00702. The van der Waals surface area contributed by atoms with Crippen molar-refractivity contribution in [3.8, 4) is 22.7 Å². The second-order valence-electron chi connectivity index (χ2n) is 4.85. The van der Waals surface area contributed by atoms with Crippen molar-refractivity contribution in [2.45, 2.75) is 6.61 Å². The van der Waals surface area contributed by atoms with E-state index in [1.165, 1.54) is 22.9 Å². The van der Waals surface area contributed by atoms with Crippen LogP contribution in [0.4, 0.5) is 13.2 Å². The zero-order chi connectivity index (χ0) is 17.1. The zero-order valence-electron chi connectivity index (χ0n) is 12.2. The van der Waals surface area contributed by atoms with Gasteiger partial charge in [-0.25, -0.2) is 9.07 Å². The van der Waals surface area contributed by atoms with Crippen LogP contribution in [0.3, 0.4) is 0 Å². The molecular weight excluding hydrogens is 321 g/mol. The smallest absolute Gasteiger partial charge is 0.387 e. The highest BCUT2D eigenvalue weighted by Gasteiger charge is 2.13. The number of para-hydroxylation sites is 1. The Morgan fingerprint density at radius 3 is 2.62 bits per heavy atom. The Balaban J connectivity index is 1.98. The normalized spacial score (nSPS) is 10.8. The van der Waals surface area contributed by atoms with Crippen LogP contribution >= 0.6 is 0 Å². The maximum absolute atomic E-state index is 13.8. The maximum Gasteiger partial charge on any atom is 0.387 e. The number of alkyl halides is 2. The summed E-state index contributed by atoms with van der Waals surface area (Å²) in [6, 6.07) is 11.9. The van der Waals surface area contributed by atoms with Gasteiger partial charge < -0.3 is 4.74 Å². The van der Waals surface area contributed by atoms with Gasteiger partial charge in [-0.2, -0.15) is 13.9 Å². The van der Waals surface area contributed by atoms with Gasteiger partial charge in [0.15, 0.2) is 6.29 Å². The average molecular weight is 332 g/mol. The minimum Gasteiger partial charge on any atom is -0.434 e. The Labute approximate surface area is 135 Å². The summed E-state index contributed by atoms with van der Waals surface area (Å²) in [5.74, 6) is -0.678. The molecule has 1 heterocycles. The van der Waals surface area contributed by atoms with Crippen molar-refractivity contribution in [1.29, 1.82) is 0 Å². The molecule has 24 heavy (non-hydrogen) atoms. The molecule has 7 heteroatoms. The number of hydrogen-bond donors (Lipinski definition) is 0. The predicted molar refractivity (Wildman–Crippen MR) is 81.0 cm³/mol. The van der Waals surface area contributed by atoms with Crippen LogP contribution in [-0.2, 0) is 0 Å². The molecule has 0 aliphatic rings. The van der Waals surface area contributed by atoms with Gasteiger partial charge in [0, 0.05) is 11.8 Å². The van der Waals surface area contributed by atoms with Crippen LogP contribution in [0, 0.1) is 5.82 Å². The SMILES string of the molecule is O=Cc1ccc(-c2ccn(-c3ccccc3F)n2)cc1OC(F)F. The molecule has 1 aromatic heterocycles. The van der Waals surface area contributed by atoms with E-state index >= 15 is 0 Å². The lowest BCUT2D eigenvalue weighted by molar-refractivity contribution is -0.0500. The summed E-state index contributed by atoms with van der Waals surface area (Å²) in [5, 5.41) is 4.23. The highest BCUT2D eigenvalue weighted by molar-refractivity contribution is 5.81. The first kappa shape index (κ1) is 15.8. The van der Waals surface area contributed by atoms with Gasteiger partial charge in [0.25, 0.3) is 0 Å². The Morgan fingerprint density at radius 1 is 1.12 bits per heavy atom. The highest BCUT2D eigenvalue weighted by atomic mass is 19.3. The molecule has 0 fully saturated rings. The van der Waals surface area contributed by atoms with Crippen molar-refractivity contribution in [1.82, 2.24) is 9.78 Å². The van der Waals surface area contributed by atoms with Gasteiger partial charge >= 0.3 is 6.61 Å². The number of aldehydes is 1. The maximum atomic E-state index is 13.8. The van der Waals surface area contributed by atoms with E-state index in [9.17, 15) is 18.0 Å². The third-order valence-electron chi connectivity index (χ3n) is 3.34. The van der Waals surface area contributed by atoms with Crippen molar-refractivity contribution in [2.75, 3.05) is 0 Å². The molecule has 0 atom stereocenters. The zero-order valence-corrected chi connectivity index (χ0v) is 12.2. The number of aromatic nitrogens is 2. The van der Waals surface area contributed by atoms with Crippen LogP contribution in [0.1, 0.15) is 10.4 Å². The number of carbonyl (C=O) groups excluding carboxylic acids is 1. The largest absolute Gasteiger partial charge is 0.434 e. The van der Waals surface area contributed by atoms with Crippen molar-refractivity contribution in [3.63, 3.8) is 0 Å². The van der Waals surface area contributed by atoms with Gasteiger partial charge in [-0.05, 0) is 30.3 Å². The van der Waals surface area contributed by atoms with Crippen molar-refractivity contribution >= 4 is 6.29 Å². The van der Waals surface area contributed by atoms with Crippen LogP contribution in [-0.4, -0.2) is 22.7 Å². The lowest BCUT2D eigenvalue weighted by Crippen LogP contribution is -2.04. The summed E-state index contributed by atoms with van der Waals surface area (Å²) in [7, 11) is 0. The number of halogens is 3. The van der Waals surface area contributed by atoms with E-state index in [0.717, 1.165) is 0 Å². The Kier molecular flexibility index (Phi) is 4.33. The summed E-state index contributed by atoms with van der Waals surface area (Å²) in [4.78, 5) is 10.9. The third kappa shape index (κ3) is 3.15. The van der Waals surface area contributed by atoms with Crippen molar-refractivity contribution in [2.24, 2.45) is 0 Å². The monoisotopic (exact) mass is 332 g/mol. The van der Waals surface area contributed by atoms with Gasteiger partial charge in [0.05, 0.1) is 11.3 Å². The summed E-state index contributed by atoms with van der Waals surface area (Å²) >= 11 is 0. The van der Waals surface area contributed by atoms with Gasteiger partial charge in [-0.1, -0.05) is 18.2 Å². The van der Waals surface area contributed by atoms with Crippen LogP contribution in [0.15, 0.2) is 54.7 Å². The quantitative estimate of drug-likeness (QED) is 0.661. The Bertz CT molecular complexity index is 878. The van der Waals surface area contributed by atoms with Crippen LogP contribution < -0.4 is 4.74 Å². The molecule has 3 rings (SSSR count). The molecule has 2 aromatic carbocycles. The molecule has 4 nitrogen and oxygen atoms in total. The molecule has 0 aliphatic heterocycles. The lowest BCUT2D eigenvalue weighted by atomic mass is 10.1. The molecule has 0 radical (unpaired) electrons. The fraction of sp³-hybridized carbons (Fsp3) is 0.0588. The molecule has 0 bridgehead atoms. The van der Waals surface area contributed by atoms with Crippen molar-refractivity contribution < 1.29 is 22.7 Å². The highest BCUT2D eigenvalue weighted by Crippen LogP contribution is 2.27. The van der Waals surface area contributed by atoms with E-state index in [2.05, 4.69) is 9.84 Å². The second kappa shape index (κ2) is 6.57. The van der Waals surface area contributed by atoms with E-state index in [1.807, 2.05) is 0 Å². The second-order valence-corrected chi connectivity index (χ2v) is 4.85. The van der Waals surface area contributed by atoms with Gasteiger partial charge in [-0.15, -0.1) is 0 Å². The molecule has 0 N–H and O–H groups in total. The van der Waals surface area contributed by atoms with E-state index in [0.29, 0.717) is 17.5 Å². The number of benzene rings is 2. The molecule has 3 aromatic rings. The fourth-order valence-electron chi connectivity index (χ4n) is 2.24. The minimum atomic E-state index is -3.05. The summed E-state index contributed by atoms with van der Waals surface area (Å²) in [6.45, 7) is -3.05. The molecular formula is C17H11F3N2O2. The molecule has 0 unspecified atom stereocenters. The molecule has 0 aliphatic carbocycles. The first-order valence-electron chi connectivity index (χ1n) is 6.93. The number of nitrogens with zero attached hydrogens (tertiary/aromatic N) is 2. The van der Waals surface area contributed by atoms with Gasteiger partial charge in [-0.3, -0.25) is 4.79 Å².